The number of phenolic OH excluding ortho intramolecular Hbond substituents is 1. The van der Waals surface area contributed by atoms with Crippen LogP contribution in [0.15, 0.2) is 48.5 Å². The lowest BCUT2D eigenvalue weighted by atomic mass is 10.0. The number of rotatable bonds is 10. The minimum absolute atomic E-state index is 0.0101. The third kappa shape index (κ3) is 6.83. The smallest absolute Gasteiger partial charge is 0.407 e. The maximum absolute atomic E-state index is 12.1. The average Bonchev–Trinajstić information content (AvgIpc) is 2.68. The van der Waals surface area contributed by atoms with Gasteiger partial charge in [-0.25, -0.2) is 4.79 Å². The molecule has 2 aromatic carbocycles. The number of amides is 1. The molecule has 0 saturated carbocycles. The number of hydrogen-bond acceptors (Lipinski definition) is 5. The van der Waals surface area contributed by atoms with Crippen molar-refractivity contribution in [3.05, 3.63) is 59.7 Å². The number of nitrogens with one attached hydrogen (secondary N) is 1. The van der Waals surface area contributed by atoms with Gasteiger partial charge in [0.1, 0.15) is 6.61 Å². The molecule has 3 N–H and O–H groups in total. The first-order valence-electron chi connectivity index (χ1n) is 9.12. The Morgan fingerprint density at radius 2 is 1.86 bits per heavy atom. The maximum atomic E-state index is 12.1. The fourth-order valence-electron chi connectivity index (χ4n) is 2.72. The van der Waals surface area contributed by atoms with Crippen molar-refractivity contribution >= 4 is 12.1 Å². The molecule has 0 aliphatic rings. The van der Waals surface area contributed by atoms with Gasteiger partial charge < -0.3 is 25.0 Å². The Bertz CT molecular complexity index is 778. The number of carboxylic acid groups (broad SMARTS) is 1. The van der Waals surface area contributed by atoms with E-state index in [0.717, 1.165) is 5.56 Å². The molecular formula is C21H25NO6. The summed E-state index contributed by atoms with van der Waals surface area (Å²) in [7, 11) is 0. The van der Waals surface area contributed by atoms with E-state index in [1.54, 1.807) is 18.2 Å². The van der Waals surface area contributed by atoms with Crippen LogP contribution in [0, 0.1) is 0 Å². The summed E-state index contributed by atoms with van der Waals surface area (Å²) in [6.45, 7) is 2.33. The lowest BCUT2D eigenvalue weighted by molar-refractivity contribution is -0.137. The Morgan fingerprint density at radius 3 is 2.54 bits per heavy atom. The summed E-state index contributed by atoms with van der Waals surface area (Å²) in [5.41, 5.74) is 1.41. The molecule has 1 atom stereocenters. The van der Waals surface area contributed by atoms with Crippen LogP contribution < -0.4 is 10.1 Å². The first-order valence-corrected chi connectivity index (χ1v) is 9.12. The van der Waals surface area contributed by atoms with Gasteiger partial charge in [0, 0.05) is 12.5 Å². The molecule has 2 rings (SSSR count). The number of ether oxygens (including phenoxy) is 2. The van der Waals surface area contributed by atoms with Gasteiger partial charge in [-0.05, 0) is 37.0 Å². The molecule has 0 spiro atoms. The fraction of sp³-hybridized carbons (Fsp3) is 0.333. The Morgan fingerprint density at radius 1 is 1.11 bits per heavy atom. The van der Waals surface area contributed by atoms with E-state index in [-0.39, 0.29) is 31.6 Å². The van der Waals surface area contributed by atoms with E-state index in [4.69, 9.17) is 14.6 Å². The van der Waals surface area contributed by atoms with Crippen molar-refractivity contribution in [3.8, 4) is 11.5 Å². The SMILES string of the molecule is CCOc1cccc(CC(CCC(=O)O)NC(=O)OCc2ccccc2)c1O. The van der Waals surface area contributed by atoms with Crippen molar-refractivity contribution in [2.75, 3.05) is 6.61 Å². The summed E-state index contributed by atoms with van der Waals surface area (Å²) in [4.78, 5) is 23.1. The van der Waals surface area contributed by atoms with Gasteiger partial charge >= 0.3 is 12.1 Å². The molecule has 150 valence electrons. The standard InChI is InChI=1S/C21H25NO6/c1-2-27-18-10-6-9-16(20(18)25)13-17(11-12-19(23)24)22-21(26)28-14-15-7-4-3-5-8-15/h3-10,17,25H,2,11-14H2,1H3,(H,22,26)(H,23,24). The molecule has 0 bridgehead atoms. The molecule has 0 radical (unpaired) electrons. The van der Waals surface area contributed by atoms with Crippen molar-refractivity contribution in [1.82, 2.24) is 5.32 Å². The number of carbonyl (C=O) groups is 2. The average molecular weight is 387 g/mol. The minimum Gasteiger partial charge on any atom is -0.504 e. The second-order valence-corrected chi connectivity index (χ2v) is 6.24. The number of aliphatic carboxylic acids is 1. The van der Waals surface area contributed by atoms with Gasteiger partial charge in [-0.2, -0.15) is 0 Å². The molecular weight excluding hydrogens is 362 g/mol. The number of hydrogen-bond donors (Lipinski definition) is 3. The molecule has 0 aliphatic carbocycles. The van der Waals surface area contributed by atoms with E-state index < -0.39 is 18.1 Å². The first-order chi connectivity index (χ1) is 13.5. The minimum atomic E-state index is -0.961. The number of para-hydroxylation sites is 1. The number of alkyl carbamates (subject to hydrolysis) is 1. The van der Waals surface area contributed by atoms with Crippen molar-refractivity contribution in [2.24, 2.45) is 0 Å². The van der Waals surface area contributed by atoms with Gasteiger partial charge in [0.2, 0.25) is 0 Å². The number of aromatic hydroxyl groups is 1. The predicted molar refractivity (Wildman–Crippen MR) is 103 cm³/mol. The van der Waals surface area contributed by atoms with Gasteiger partial charge in [0.15, 0.2) is 11.5 Å². The third-order valence-electron chi connectivity index (χ3n) is 4.09. The number of benzene rings is 2. The maximum Gasteiger partial charge on any atom is 0.407 e. The Kier molecular flexibility index (Phi) is 8.14. The highest BCUT2D eigenvalue weighted by Crippen LogP contribution is 2.31. The largest absolute Gasteiger partial charge is 0.504 e. The highest BCUT2D eigenvalue weighted by molar-refractivity contribution is 5.69. The van der Waals surface area contributed by atoms with Gasteiger partial charge in [-0.3, -0.25) is 4.79 Å². The number of phenols is 1. The second-order valence-electron chi connectivity index (χ2n) is 6.24. The molecule has 2 aromatic rings. The van der Waals surface area contributed by atoms with Crippen LogP contribution in [-0.4, -0.2) is 34.9 Å². The predicted octanol–water partition coefficient (Wildman–Crippen LogP) is 3.49. The van der Waals surface area contributed by atoms with Gasteiger partial charge in [-0.15, -0.1) is 0 Å². The van der Waals surface area contributed by atoms with E-state index in [1.165, 1.54) is 0 Å². The summed E-state index contributed by atoms with van der Waals surface area (Å²) < 4.78 is 10.6. The van der Waals surface area contributed by atoms with Crippen LogP contribution in [0.1, 0.15) is 30.9 Å². The lowest BCUT2D eigenvalue weighted by Gasteiger charge is -2.19. The highest BCUT2D eigenvalue weighted by Gasteiger charge is 2.18. The Balaban J connectivity index is 2.01. The van der Waals surface area contributed by atoms with E-state index in [9.17, 15) is 14.7 Å². The van der Waals surface area contributed by atoms with E-state index >= 15 is 0 Å². The van der Waals surface area contributed by atoms with Crippen LogP contribution >= 0.6 is 0 Å². The van der Waals surface area contributed by atoms with Crippen LogP contribution in [0.3, 0.4) is 0 Å². The Hall–Kier alpha value is -3.22. The van der Waals surface area contributed by atoms with E-state index in [2.05, 4.69) is 5.32 Å². The lowest BCUT2D eigenvalue weighted by Crippen LogP contribution is -2.37. The van der Waals surface area contributed by atoms with Crippen molar-refractivity contribution in [1.29, 1.82) is 0 Å². The zero-order valence-corrected chi connectivity index (χ0v) is 15.8. The van der Waals surface area contributed by atoms with Crippen molar-refractivity contribution in [3.63, 3.8) is 0 Å². The summed E-state index contributed by atoms with van der Waals surface area (Å²) in [6, 6.07) is 13.8. The molecule has 7 nitrogen and oxygen atoms in total. The van der Waals surface area contributed by atoms with Crippen LogP contribution in [0.2, 0.25) is 0 Å². The first kappa shape index (κ1) is 21.1. The van der Waals surface area contributed by atoms with Gasteiger partial charge in [0.25, 0.3) is 0 Å². The molecule has 0 heterocycles. The zero-order valence-electron chi connectivity index (χ0n) is 15.8. The van der Waals surface area contributed by atoms with E-state index in [0.29, 0.717) is 17.9 Å². The highest BCUT2D eigenvalue weighted by atomic mass is 16.5. The van der Waals surface area contributed by atoms with E-state index in [1.807, 2.05) is 37.3 Å². The summed E-state index contributed by atoms with van der Waals surface area (Å²) >= 11 is 0. The van der Waals surface area contributed by atoms with Crippen molar-refractivity contribution in [2.45, 2.75) is 38.8 Å². The van der Waals surface area contributed by atoms with Crippen LogP contribution in [0.5, 0.6) is 11.5 Å². The number of carboxylic acids is 1. The molecule has 1 amide bonds. The van der Waals surface area contributed by atoms with Crippen LogP contribution in [0.4, 0.5) is 4.79 Å². The molecule has 0 aromatic heterocycles. The van der Waals surface area contributed by atoms with Gasteiger partial charge in [-0.1, -0.05) is 42.5 Å². The normalized spacial score (nSPS) is 11.5. The van der Waals surface area contributed by atoms with Crippen LogP contribution in [0.25, 0.3) is 0 Å². The van der Waals surface area contributed by atoms with Gasteiger partial charge in [0.05, 0.1) is 6.61 Å². The summed E-state index contributed by atoms with van der Waals surface area (Å²) in [5.74, 6) is -0.621. The molecule has 0 aliphatic heterocycles. The summed E-state index contributed by atoms with van der Waals surface area (Å²) in [5, 5.41) is 22.0. The molecule has 1 unspecified atom stereocenters. The topological polar surface area (TPSA) is 105 Å². The van der Waals surface area contributed by atoms with Crippen LogP contribution in [-0.2, 0) is 22.6 Å². The summed E-state index contributed by atoms with van der Waals surface area (Å²) in [6.07, 6.45) is -0.302. The quantitative estimate of drug-likeness (QED) is 0.576. The third-order valence-corrected chi connectivity index (χ3v) is 4.09. The monoisotopic (exact) mass is 387 g/mol. The Labute approximate surface area is 163 Å². The number of carbonyl (C=O) groups excluding carboxylic acids is 1. The molecule has 7 heteroatoms. The molecule has 0 fully saturated rings. The second kappa shape index (κ2) is 10.8. The molecule has 28 heavy (non-hydrogen) atoms. The molecule has 0 saturated heterocycles. The van der Waals surface area contributed by atoms with Crippen molar-refractivity contribution < 1.29 is 29.3 Å². The zero-order chi connectivity index (χ0) is 20.4. The fourth-order valence-corrected chi connectivity index (χ4v) is 2.72.